The Labute approximate surface area is 191 Å². The van der Waals surface area contributed by atoms with Crippen LogP contribution in [0.5, 0.6) is 5.75 Å². The second kappa shape index (κ2) is 10.4. The highest BCUT2D eigenvalue weighted by Gasteiger charge is 2.31. The van der Waals surface area contributed by atoms with Crippen molar-refractivity contribution in [2.45, 2.75) is 31.8 Å². The Bertz CT molecular complexity index is 923. The van der Waals surface area contributed by atoms with Crippen LogP contribution in [0, 0.1) is 0 Å². The number of alkyl halides is 3. The van der Waals surface area contributed by atoms with Crippen LogP contribution in [0.25, 0.3) is 0 Å². The zero-order valence-corrected chi connectivity index (χ0v) is 18.3. The molecule has 4 rings (SSSR count). The van der Waals surface area contributed by atoms with E-state index in [0.29, 0.717) is 38.4 Å². The van der Waals surface area contributed by atoms with Crippen LogP contribution in [-0.4, -0.2) is 62.6 Å². The number of halogens is 3. The molecule has 0 unspecified atom stereocenters. The first kappa shape index (κ1) is 23.4. The first-order chi connectivity index (χ1) is 15.9. The van der Waals surface area contributed by atoms with E-state index in [4.69, 9.17) is 4.74 Å². The van der Waals surface area contributed by atoms with Crippen molar-refractivity contribution < 1.29 is 27.4 Å². The molecule has 0 bridgehead atoms. The van der Waals surface area contributed by atoms with E-state index < -0.39 is 6.36 Å². The molecule has 6 nitrogen and oxygen atoms in total. The monoisotopic (exact) mass is 463 g/mol. The number of carbonyl (C=O) groups is 1. The van der Waals surface area contributed by atoms with Crippen molar-refractivity contribution in [1.29, 1.82) is 0 Å². The molecule has 0 saturated carbocycles. The van der Waals surface area contributed by atoms with Crippen molar-refractivity contribution in [3.63, 3.8) is 0 Å². The first-order valence-electron chi connectivity index (χ1n) is 11.2. The average molecular weight is 464 g/mol. The summed E-state index contributed by atoms with van der Waals surface area (Å²) >= 11 is 0. The Hall–Kier alpha value is -2.78. The van der Waals surface area contributed by atoms with Crippen LogP contribution in [0.1, 0.15) is 28.8 Å². The van der Waals surface area contributed by atoms with Crippen LogP contribution in [0.3, 0.4) is 0 Å². The maximum absolute atomic E-state index is 12.6. The number of nitrogens with one attached hydrogen (secondary N) is 1. The fraction of sp³-hybridized carbons (Fsp3) is 0.458. The summed E-state index contributed by atoms with van der Waals surface area (Å²) in [5.74, 6) is -0.162. The fourth-order valence-electron chi connectivity index (χ4n) is 4.22. The number of benzene rings is 2. The maximum atomic E-state index is 12.6. The van der Waals surface area contributed by atoms with E-state index >= 15 is 0 Å². The van der Waals surface area contributed by atoms with Gasteiger partial charge in [0, 0.05) is 50.0 Å². The highest BCUT2D eigenvalue weighted by Crippen LogP contribution is 2.24. The topological polar surface area (TPSA) is 54.0 Å². The van der Waals surface area contributed by atoms with Crippen LogP contribution in [0.4, 0.5) is 18.9 Å². The number of hydrogen-bond donors (Lipinski definition) is 1. The van der Waals surface area contributed by atoms with Crippen molar-refractivity contribution in [1.82, 2.24) is 10.2 Å². The Kier molecular flexibility index (Phi) is 7.39. The molecular formula is C24H28F3N3O3. The highest BCUT2D eigenvalue weighted by atomic mass is 19.4. The van der Waals surface area contributed by atoms with Crippen molar-refractivity contribution in [3.8, 4) is 5.75 Å². The molecule has 33 heavy (non-hydrogen) atoms. The fourth-order valence-corrected chi connectivity index (χ4v) is 4.22. The molecule has 178 valence electrons. The summed E-state index contributed by atoms with van der Waals surface area (Å²) in [5.41, 5.74) is 2.53. The third kappa shape index (κ3) is 6.61. The van der Waals surface area contributed by atoms with Gasteiger partial charge in [-0.3, -0.25) is 4.79 Å². The van der Waals surface area contributed by atoms with Crippen LogP contribution >= 0.6 is 0 Å². The van der Waals surface area contributed by atoms with Crippen molar-refractivity contribution in [2.24, 2.45) is 0 Å². The van der Waals surface area contributed by atoms with Crippen LogP contribution in [0.2, 0.25) is 0 Å². The number of hydrogen-bond acceptors (Lipinski definition) is 5. The molecular weight excluding hydrogens is 435 g/mol. The SMILES string of the molecule is O=C(c1ccc(N2CCC(NCc3cccc(OC(F)(F)F)c3)CC2)cc1)N1CCOCC1. The average Bonchev–Trinajstić information content (AvgIpc) is 2.82. The standard InChI is InChI=1S/C24H28F3N3O3/c25-24(26,27)33-22-3-1-2-18(16-22)17-28-20-8-10-29(11-9-20)21-6-4-19(5-7-21)23(31)30-12-14-32-15-13-30/h1-7,16,20,28H,8-15,17H2. The number of piperidine rings is 1. The number of anilines is 1. The lowest BCUT2D eigenvalue weighted by atomic mass is 10.0. The van der Waals surface area contributed by atoms with Crippen LogP contribution < -0.4 is 15.0 Å². The normalized spacial score (nSPS) is 17.8. The van der Waals surface area contributed by atoms with E-state index in [1.807, 2.05) is 29.2 Å². The van der Waals surface area contributed by atoms with Gasteiger partial charge < -0.3 is 24.6 Å². The van der Waals surface area contributed by atoms with Gasteiger partial charge in [0.15, 0.2) is 0 Å². The van der Waals surface area contributed by atoms with Gasteiger partial charge >= 0.3 is 6.36 Å². The minimum Gasteiger partial charge on any atom is -0.406 e. The zero-order chi connectivity index (χ0) is 23.3. The summed E-state index contributed by atoms with van der Waals surface area (Å²) < 4.78 is 46.5. The lowest BCUT2D eigenvalue weighted by Gasteiger charge is -2.34. The Morgan fingerprint density at radius 2 is 1.73 bits per heavy atom. The third-order valence-electron chi connectivity index (χ3n) is 6.00. The smallest absolute Gasteiger partial charge is 0.406 e. The van der Waals surface area contributed by atoms with Gasteiger partial charge in [0.2, 0.25) is 0 Å². The Morgan fingerprint density at radius 1 is 1.03 bits per heavy atom. The molecule has 0 atom stereocenters. The highest BCUT2D eigenvalue weighted by molar-refractivity contribution is 5.94. The molecule has 0 aliphatic carbocycles. The van der Waals surface area contributed by atoms with Crippen molar-refractivity contribution in [3.05, 3.63) is 59.7 Å². The van der Waals surface area contributed by atoms with Gasteiger partial charge in [-0.05, 0) is 54.8 Å². The molecule has 2 heterocycles. The number of ether oxygens (including phenoxy) is 2. The summed E-state index contributed by atoms with van der Waals surface area (Å²) in [6, 6.07) is 14.1. The first-order valence-corrected chi connectivity index (χ1v) is 11.2. The number of carbonyl (C=O) groups excluding carboxylic acids is 1. The molecule has 0 spiro atoms. The molecule has 0 aromatic heterocycles. The predicted molar refractivity (Wildman–Crippen MR) is 118 cm³/mol. The number of nitrogens with zero attached hydrogens (tertiary/aromatic N) is 2. The number of rotatable bonds is 6. The van der Waals surface area contributed by atoms with Crippen molar-refractivity contribution in [2.75, 3.05) is 44.3 Å². The molecule has 1 amide bonds. The largest absolute Gasteiger partial charge is 0.573 e. The van der Waals surface area contributed by atoms with E-state index in [9.17, 15) is 18.0 Å². The molecule has 9 heteroatoms. The Balaban J connectivity index is 1.24. The summed E-state index contributed by atoms with van der Waals surface area (Å²) in [7, 11) is 0. The molecule has 2 aromatic rings. The number of amides is 1. The summed E-state index contributed by atoms with van der Waals surface area (Å²) in [5, 5.41) is 3.44. The molecule has 2 saturated heterocycles. The quantitative estimate of drug-likeness (QED) is 0.706. The summed E-state index contributed by atoms with van der Waals surface area (Å²) in [6.07, 6.45) is -2.84. The van der Waals surface area contributed by atoms with Crippen molar-refractivity contribution >= 4 is 11.6 Å². The van der Waals surface area contributed by atoms with E-state index in [2.05, 4.69) is 15.0 Å². The van der Waals surface area contributed by atoms with Gasteiger partial charge in [0.05, 0.1) is 13.2 Å². The molecule has 2 aromatic carbocycles. The van der Waals surface area contributed by atoms with Gasteiger partial charge in [0.25, 0.3) is 5.91 Å². The summed E-state index contributed by atoms with van der Waals surface area (Å²) in [4.78, 5) is 16.7. The van der Waals surface area contributed by atoms with E-state index in [1.54, 1.807) is 12.1 Å². The lowest BCUT2D eigenvalue weighted by Crippen LogP contribution is -2.42. The van der Waals surface area contributed by atoms with Gasteiger partial charge in [-0.1, -0.05) is 12.1 Å². The van der Waals surface area contributed by atoms with E-state index in [1.165, 1.54) is 12.1 Å². The van der Waals surface area contributed by atoms with E-state index in [-0.39, 0.29) is 17.7 Å². The van der Waals surface area contributed by atoms with Crippen LogP contribution in [0.15, 0.2) is 48.5 Å². The van der Waals surface area contributed by atoms with Gasteiger partial charge in [-0.2, -0.15) is 0 Å². The Morgan fingerprint density at radius 3 is 2.39 bits per heavy atom. The van der Waals surface area contributed by atoms with Crippen LogP contribution in [-0.2, 0) is 11.3 Å². The molecule has 2 fully saturated rings. The minimum atomic E-state index is -4.69. The molecule has 2 aliphatic heterocycles. The summed E-state index contributed by atoms with van der Waals surface area (Å²) in [6.45, 7) is 4.63. The molecule has 1 N–H and O–H groups in total. The second-order valence-corrected chi connectivity index (χ2v) is 8.29. The second-order valence-electron chi connectivity index (χ2n) is 8.29. The van der Waals surface area contributed by atoms with Gasteiger partial charge in [0.1, 0.15) is 5.75 Å². The molecule has 0 radical (unpaired) electrons. The van der Waals surface area contributed by atoms with E-state index in [0.717, 1.165) is 37.2 Å². The lowest BCUT2D eigenvalue weighted by molar-refractivity contribution is -0.274. The van der Waals surface area contributed by atoms with Gasteiger partial charge in [-0.25, -0.2) is 0 Å². The third-order valence-corrected chi connectivity index (χ3v) is 6.00. The predicted octanol–water partition coefficient (Wildman–Crippen LogP) is 3.82. The minimum absolute atomic E-state index is 0.0393. The van der Waals surface area contributed by atoms with Gasteiger partial charge in [-0.15, -0.1) is 13.2 Å². The maximum Gasteiger partial charge on any atom is 0.573 e. The molecule has 2 aliphatic rings. The number of morpholine rings is 1. The zero-order valence-electron chi connectivity index (χ0n) is 18.3.